The molecule has 0 fully saturated rings. The molecule has 0 heterocycles. The predicted molar refractivity (Wildman–Crippen MR) is 83.6 cm³/mol. The Bertz CT molecular complexity index is 432. The van der Waals surface area contributed by atoms with Crippen molar-refractivity contribution in [1.29, 1.82) is 0 Å². The molecule has 2 nitrogen and oxygen atoms in total. The second-order valence-corrected chi connectivity index (χ2v) is 4.67. The Morgan fingerprint density at radius 2 is 2.16 bits per heavy atom. The lowest BCUT2D eigenvalue weighted by atomic mass is 10.2. The quantitative estimate of drug-likeness (QED) is 0.540. The standard InChI is InChI=1S/C16H22ClNO/c1-4-6-9-14(11-12-19-5-2)18-16-13(3)8-7-10-15(16)17/h7-12,18H,4-6H2,1-3H3/b12-11+,14-9?. The monoisotopic (exact) mass is 279 g/mol. The molecule has 0 saturated carbocycles. The summed E-state index contributed by atoms with van der Waals surface area (Å²) in [6.45, 7) is 6.83. The minimum absolute atomic E-state index is 0.669. The largest absolute Gasteiger partial charge is 0.501 e. The van der Waals surface area contributed by atoms with E-state index in [2.05, 4.69) is 18.3 Å². The van der Waals surface area contributed by atoms with E-state index in [1.807, 2.05) is 38.1 Å². The van der Waals surface area contributed by atoms with Crippen molar-refractivity contribution >= 4 is 17.3 Å². The van der Waals surface area contributed by atoms with Gasteiger partial charge in [0, 0.05) is 5.70 Å². The summed E-state index contributed by atoms with van der Waals surface area (Å²) in [5.74, 6) is 0. The molecule has 1 N–H and O–H groups in total. The zero-order valence-electron chi connectivity index (χ0n) is 11.9. The summed E-state index contributed by atoms with van der Waals surface area (Å²) < 4.78 is 5.25. The second kappa shape index (κ2) is 8.65. The highest BCUT2D eigenvalue weighted by Crippen LogP contribution is 2.26. The van der Waals surface area contributed by atoms with Crippen LogP contribution in [0.15, 0.2) is 42.3 Å². The van der Waals surface area contributed by atoms with Gasteiger partial charge in [0.2, 0.25) is 0 Å². The highest BCUT2D eigenvalue weighted by atomic mass is 35.5. The topological polar surface area (TPSA) is 21.3 Å². The Labute approximate surface area is 121 Å². The third kappa shape index (κ3) is 5.39. The van der Waals surface area contributed by atoms with Gasteiger partial charge < -0.3 is 10.1 Å². The van der Waals surface area contributed by atoms with Gasteiger partial charge >= 0.3 is 0 Å². The Morgan fingerprint density at radius 3 is 2.79 bits per heavy atom. The molecule has 0 aliphatic rings. The summed E-state index contributed by atoms with van der Waals surface area (Å²) in [6.07, 6.45) is 7.92. The average Bonchev–Trinajstić information content (AvgIpc) is 2.39. The Morgan fingerprint density at radius 1 is 1.37 bits per heavy atom. The zero-order valence-corrected chi connectivity index (χ0v) is 12.6. The Kier molecular flexibility index (Phi) is 7.12. The van der Waals surface area contributed by atoms with Crippen LogP contribution in [-0.2, 0) is 4.74 Å². The normalized spacial score (nSPS) is 11.9. The van der Waals surface area contributed by atoms with Crippen molar-refractivity contribution in [1.82, 2.24) is 0 Å². The van der Waals surface area contributed by atoms with Gasteiger partial charge in [-0.05, 0) is 38.0 Å². The molecular weight excluding hydrogens is 258 g/mol. The molecule has 0 saturated heterocycles. The summed E-state index contributed by atoms with van der Waals surface area (Å²) in [5, 5.41) is 4.10. The molecule has 0 bridgehead atoms. The highest BCUT2D eigenvalue weighted by molar-refractivity contribution is 6.33. The van der Waals surface area contributed by atoms with Crippen LogP contribution in [0.3, 0.4) is 0 Å². The van der Waals surface area contributed by atoms with Crippen LogP contribution in [0.5, 0.6) is 0 Å². The van der Waals surface area contributed by atoms with Gasteiger partial charge in [-0.1, -0.05) is 43.2 Å². The molecule has 1 rings (SSSR count). The van der Waals surface area contributed by atoms with Gasteiger partial charge in [0.05, 0.1) is 23.6 Å². The van der Waals surface area contributed by atoms with Crippen LogP contribution in [0.1, 0.15) is 32.3 Å². The fraction of sp³-hybridized carbons (Fsp3) is 0.375. The van der Waals surface area contributed by atoms with E-state index < -0.39 is 0 Å². The number of allylic oxidation sites excluding steroid dienone is 2. The molecule has 0 aromatic heterocycles. The first-order valence-electron chi connectivity index (χ1n) is 6.69. The average molecular weight is 280 g/mol. The van der Waals surface area contributed by atoms with Gasteiger partial charge in [0.15, 0.2) is 0 Å². The minimum atomic E-state index is 0.669. The van der Waals surface area contributed by atoms with Crippen molar-refractivity contribution in [3.05, 3.63) is 52.9 Å². The van der Waals surface area contributed by atoms with E-state index in [9.17, 15) is 0 Å². The third-order valence-electron chi connectivity index (χ3n) is 2.65. The van der Waals surface area contributed by atoms with E-state index in [4.69, 9.17) is 16.3 Å². The number of ether oxygens (including phenoxy) is 1. The van der Waals surface area contributed by atoms with Gasteiger partial charge in [-0.25, -0.2) is 0 Å². The van der Waals surface area contributed by atoms with Crippen LogP contribution in [0, 0.1) is 6.92 Å². The van der Waals surface area contributed by atoms with E-state index in [0.29, 0.717) is 6.61 Å². The number of para-hydroxylation sites is 1. The zero-order chi connectivity index (χ0) is 14.1. The first-order chi connectivity index (χ1) is 9.19. The number of rotatable bonds is 7. The van der Waals surface area contributed by atoms with Crippen molar-refractivity contribution < 1.29 is 4.74 Å². The van der Waals surface area contributed by atoms with Crippen LogP contribution in [0.25, 0.3) is 0 Å². The molecule has 0 atom stereocenters. The maximum atomic E-state index is 6.22. The van der Waals surface area contributed by atoms with Crippen molar-refractivity contribution in [2.75, 3.05) is 11.9 Å². The number of unbranched alkanes of at least 4 members (excludes halogenated alkanes) is 1. The number of aryl methyl sites for hydroxylation is 1. The molecule has 19 heavy (non-hydrogen) atoms. The molecule has 0 radical (unpaired) electrons. The van der Waals surface area contributed by atoms with Crippen LogP contribution in [0.4, 0.5) is 5.69 Å². The lowest BCUT2D eigenvalue weighted by molar-refractivity contribution is 0.269. The number of benzene rings is 1. The van der Waals surface area contributed by atoms with E-state index in [1.54, 1.807) is 6.26 Å². The third-order valence-corrected chi connectivity index (χ3v) is 2.97. The van der Waals surface area contributed by atoms with E-state index >= 15 is 0 Å². The SMILES string of the molecule is CCCC=C(/C=C/OCC)Nc1c(C)cccc1Cl. The fourth-order valence-corrected chi connectivity index (χ4v) is 1.88. The summed E-state index contributed by atoms with van der Waals surface area (Å²) in [4.78, 5) is 0. The van der Waals surface area contributed by atoms with Crippen LogP contribution in [-0.4, -0.2) is 6.61 Å². The summed E-state index contributed by atoms with van der Waals surface area (Å²) in [6, 6.07) is 5.88. The van der Waals surface area contributed by atoms with Crippen molar-refractivity contribution in [3.63, 3.8) is 0 Å². The van der Waals surface area contributed by atoms with Gasteiger partial charge in [-0.15, -0.1) is 0 Å². The van der Waals surface area contributed by atoms with E-state index in [1.165, 1.54) is 0 Å². The Hall–Kier alpha value is -1.41. The predicted octanol–water partition coefficient (Wildman–Crippen LogP) is 5.29. The van der Waals surface area contributed by atoms with Gasteiger partial charge in [0.25, 0.3) is 0 Å². The smallest absolute Gasteiger partial charge is 0.0849 e. The summed E-state index contributed by atoms with van der Waals surface area (Å²) >= 11 is 6.22. The van der Waals surface area contributed by atoms with Crippen LogP contribution >= 0.6 is 11.6 Å². The lowest BCUT2D eigenvalue weighted by Crippen LogP contribution is -2.00. The Balaban J connectivity index is 2.88. The van der Waals surface area contributed by atoms with Crippen LogP contribution < -0.4 is 5.32 Å². The maximum absolute atomic E-state index is 6.22. The number of anilines is 1. The molecule has 1 aromatic rings. The lowest BCUT2D eigenvalue weighted by Gasteiger charge is -2.12. The molecular formula is C16H22ClNO. The molecule has 3 heteroatoms. The molecule has 0 aliphatic heterocycles. The fourth-order valence-electron chi connectivity index (χ4n) is 1.61. The van der Waals surface area contributed by atoms with E-state index in [0.717, 1.165) is 34.8 Å². The first kappa shape index (κ1) is 15.6. The molecule has 0 spiro atoms. The second-order valence-electron chi connectivity index (χ2n) is 4.26. The van der Waals surface area contributed by atoms with Crippen molar-refractivity contribution in [2.45, 2.75) is 33.6 Å². The summed E-state index contributed by atoms with van der Waals surface area (Å²) in [5.41, 5.74) is 3.08. The van der Waals surface area contributed by atoms with Crippen molar-refractivity contribution in [2.24, 2.45) is 0 Å². The molecule has 0 unspecified atom stereocenters. The molecule has 0 aliphatic carbocycles. The molecule has 104 valence electrons. The number of halogens is 1. The van der Waals surface area contributed by atoms with Crippen LogP contribution in [0.2, 0.25) is 5.02 Å². The molecule has 1 aromatic carbocycles. The van der Waals surface area contributed by atoms with Gasteiger partial charge in [-0.2, -0.15) is 0 Å². The van der Waals surface area contributed by atoms with Gasteiger partial charge in [0.1, 0.15) is 0 Å². The van der Waals surface area contributed by atoms with Gasteiger partial charge in [-0.3, -0.25) is 0 Å². The number of hydrogen-bond donors (Lipinski definition) is 1. The van der Waals surface area contributed by atoms with Crippen molar-refractivity contribution in [3.8, 4) is 0 Å². The number of hydrogen-bond acceptors (Lipinski definition) is 2. The number of nitrogens with one attached hydrogen (secondary N) is 1. The first-order valence-corrected chi connectivity index (χ1v) is 7.07. The highest BCUT2D eigenvalue weighted by Gasteiger charge is 2.04. The maximum Gasteiger partial charge on any atom is 0.0849 e. The molecule has 0 amide bonds. The minimum Gasteiger partial charge on any atom is -0.501 e. The summed E-state index contributed by atoms with van der Waals surface area (Å²) in [7, 11) is 0. The van der Waals surface area contributed by atoms with E-state index in [-0.39, 0.29) is 0 Å².